The lowest BCUT2D eigenvalue weighted by Crippen LogP contribution is -2.43. The van der Waals surface area contributed by atoms with Crippen LogP contribution in [0.4, 0.5) is 0 Å². The highest BCUT2D eigenvalue weighted by Gasteiger charge is 2.48. The van der Waals surface area contributed by atoms with Crippen molar-refractivity contribution in [3.8, 4) is 0 Å². The van der Waals surface area contributed by atoms with E-state index in [-0.39, 0.29) is 0 Å². The lowest BCUT2D eigenvalue weighted by Gasteiger charge is -2.38. The molecule has 1 nitrogen and oxygen atoms in total. The van der Waals surface area contributed by atoms with Crippen molar-refractivity contribution in [2.75, 3.05) is 7.05 Å². The van der Waals surface area contributed by atoms with Gasteiger partial charge in [0.05, 0.1) is 0 Å². The molecule has 10 heavy (non-hydrogen) atoms. The summed E-state index contributed by atoms with van der Waals surface area (Å²) in [7, 11) is 2.30. The van der Waals surface area contributed by atoms with E-state index >= 15 is 0 Å². The molecule has 1 atom stereocenters. The molecule has 1 heterocycles. The summed E-state index contributed by atoms with van der Waals surface area (Å²) in [4.78, 5) is 2.61. The van der Waals surface area contributed by atoms with Crippen LogP contribution in [0.1, 0.15) is 39.0 Å². The van der Waals surface area contributed by atoms with Crippen molar-refractivity contribution in [2.45, 2.75) is 50.6 Å². The van der Waals surface area contributed by atoms with Crippen molar-refractivity contribution >= 4 is 0 Å². The molecule has 2 aliphatic rings. The first-order valence-corrected chi connectivity index (χ1v) is 4.48. The van der Waals surface area contributed by atoms with Crippen LogP contribution in [0, 0.1) is 0 Å². The Morgan fingerprint density at radius 2 is 2.00 bits per heavy atom. The van der Waals surface area contributed by atoms with Gasteiger partial charge >= 0.3 is 0 Å². The number of hydrogen-bond donors (Lipinski definition) is 0. The Morgan fingerprint density at radius 1 is 1.30 bits per heavy atom. The Balaban J connectivity index is 2.07. The predicted molar refractivity (Wildman–Crippen MR) is 43.0 cm³/mol. The molecule has 0 radical (unpaired) electrons. The minimum atomic E-state index is 0.692. The highest BCUT2D eigenvalue weighted by Crippen LogP contribution is 2.48. The summed E-state index contributed by atoms with van der Waals surface area (Å²) in [6.07, 6.45) is 7.28. The Hall–Kier alpha value is -0.0400. The fraction of sp³-hybridized carbons (Fsp3) is 1.00. The highest BCUT2D eigenvalue weighted by atomic mass is 15.2. The largest absolute Gasteiger partial charge is 0.298 e. The van der Waals surface area contributed by atoms with Gasteiger partial charge in [-0.2, -0.15) is 0 Å². The van der Waals surface area contributed by atoms with E-state index in [0.29, 0.717) is 5.54 Å². The summed E-state index contributed by atoms with van der Waals surface area (Å²) in [6.45, 7) is 2.36. The van der Waals surface area contributed by atoms with Gasteiger partial charge in [-0.15, -0.1) is 0 Å². The van der Waals surface area contributed by atoms with Gasteiger partial charge < -0.3 is 0 Å². The minimum absolute atomic E-state index is 0.692. The number of nitrogens with zero attached hydrogens (tertiary/aromatic N) is 1. The van der Waals surface area contributed by atoms with Crippen molar-refractivity contribution in [3.63, 3.8) is 0 Å². The maximum Gasteiger partial charge on any atom is 0.0210 e. The fourth-order valence-corrected chi connectivity index (χ4v) is 2.31. The lowest BCUT2D eigenvalue weighted by atomic mass is 9.95. The van der Waals surface area contributed by atoms with Gasteiger partial charge in [-0.25, -0.2) is 0 Å². The summed E-state index contributed by atoms with van der Waals surface area (Å²) in [5.41, 5.74) is 0.692. The normalized spacial score (nSPS) is 38.4. The summed E-state index contributed by atoms with van der Waals surface area (Å²) in [5.74, 6) is 0. The van der Waals surface area contributed by atoms with Crippen LogP contribution in [0.15, 0.2) is 0 Å². The minimum Gasteiger partial charge on any atom is -0.298 e. The zero-order valence-electron chi connectivity index (χ0n) is 7.06. The zero-order valence-corrected chi connectivity index (χ0v) is 7.06. The van der Waals surface area contributed by atoms with E-state index in [1.165, 1.54) is 32.1 Å². The summed E-state index contributed by atoms with van der Waals surface area (Å²) in [5, 5.41) is 0. The maximum absolute atomic E-state index is 2.61. The molecule has 1 aliphatic heterocycles. The molecule has 0 amide bonds. The van der Waals surface area contributed by atoms with Crippen LogP contribution >= 0.6 is 0 Å². The fourth-order valence-electron chi connectivity index (χ4n) is 2.31. The standard InChI is InChI=1S/C9H17N/c1-8-4-3-5-9(6-7-9)10(8)2/h8H,3-7H2,1-2H3. The van der Waals surface area contributed by atoms with Gasteiger partial charge in [0.1, 0.15) is 0 Å². The van der Waals surface area contributed by atoms with Crippen LogP contribution < -0.4 is 0 Å². The first-order chi connectivity index (χ1) is 4.75. The maximum atomic E-state index is 2.61. The van der Waals surface area contributed by atoms with Crippen LogP contribution in [0.3, 0.4) is 0 Å². The zero-order chi connectivity index (χ0) is 7.19. The molecule has 0 aromatic rings. The summed E-state index contributed by atoms with van der Waals surface area (Å²) < 4.78 is 0. The second-order valence-electron chi connectivity index (χ2n) is 4.08. The third-order valence-electron chi connectivity index (χ3n) is 3.50. The van der Waals surface area contributed by atoms with Gasteiger partial charge in [0.2, 0.25) is 0 Å². The van der Waals surface area contributed by atoms with E-state index in [0.717, 1.165) is 6.04 Å². The Labute approximate surface area is 63.4 Å². The quantitative estimate of drug-likeness (QED) is 0.496. The first kappa shape index (κ1) is 6.66. The molecule has 58 valence electrons. The second-order valence-corrected chi connectivity index (χ2v) is 4.08. The van der Waals surface area contributed by atoms with Crippen LogP contribution in [0.5, 0.6) is 0 Å². The lowest BCUT2D eigenvalue weighted by molar-refractivity contribution is 0.108. The van der Waals surface area contributed by atoms with Crippen molar-refractivity contribution in [1.82, 2.24) is 4.90 Å². The summed E-state index contributed by atoms with van der Waals surface area (Å²) >= 11 is 0. The molecule has 0 N–H and O–H groups in total. The van der Waals surface area contributed by atoms with Crippen LogP contribution in [0.2, 0.25) is 0 Å². The van der Waals surface area contributed by atoms with Gasteiger partial charge in [0, 0.05) is 11.6 Å². The van der Waals surface area contributed by atoms with E-state index in [9.17, 15) is 0 Å². The third kappa shape index (κ3) is 0.800. The molecule has 0 aromatic heterocycles. The van der Waals surface area contributed by atoms with Crippen molar-refractivity contribution in [1.29, 1.82) is 0 Å². The molecule has 2 fully saturated rings. The highest BCUT2D eigenvalue weighted by molar-refractivity contribution is 5.05. The van der Waals surface area contributed by atoms with Crippen molar-refractivity contribution < 1.29 is 0 Å². The van der Waals surface area contributed by atoms with E-state index in [2.05, 4.69) is 18.9 Å². The smallest absolute Gasteiger partial charge is 0.0210 e. The first-order valence-electron chi connectivity index (χ1n) is 4.48. The Morgan fingerprint density at radius 3 is 2.50 bits per heavy atom. The van der Waals surface area contributed by atoms with Gasteiger partial charge in [-0.3, -0.25) is 4.90 Å². The Kier molecular flexibility index (Phi) is 1.31. The molecular weight excluding hydrogens is 122 g/mol. The molecule has 1 spiro atoms. The van der Waals surface area contributed by atoms with Crippen LogP contribution in [-0.4, -0.2) is 23.5 Å². The van der Waals surface area contributed by atoms with Gasteiger partial charge in [0.15, 0.2) is 0 Å². The average Bonchev–Trinajstić information content (AvgIpc) is 2.65. The average molecular weight is 139 g/mol. The van der Waals surface area contributed by atoms with E-state index < -0.39 is 0 Å². The molecule has 0 bridgehead atoms. The topological polar surface area (TPSA) is 3.24 Å². The van der Waals surface area contributed by atoms with Gasteiger partial charge in [-0.1, -0.05) is 6.42 Å². The molecule has 1 saturated carbocycles. The Bertz CT molecular complexity index is 138. The van der Waals surface area contributed by atoms with Gasteiger partial charge in [0.25, 0.3) is 0 Å². The van der Waals surface area contributed by atoms with Crippen molar-refractivity contribution in [3.05, 3.63) is 0 Å². The predicted octanol–water partition coefficient (Wildman–Crippen LogP) is 2.02. The van der Waals surface area contributed by atoms with Crippen molar-refractivity contribution in [2.24, 2.45) is 0 Å². The molecule has 1 aliphatic carbocycles. The monoisotopic (exact) mass is 139 g/mol. The number of hydrogen-bond acceptors (Lipinski definition) is 1. The molecule has 1 unspecified atom stereocenters. The number of rotatable bonds is 0. The number of likely N-dealkylation sites (tertiary alicyclic amines) is 1. The number of piperidine rings is 1. The molecule has 1 heteroatoms. The van der Waals surface area contributed by atoms with Crippen LogP contribution in [0.25, 0.3) is 0 Å². The molecular formula is C9H17N. The van der Waals surface area contributed by atoms with Gasteiger partial charge in [-0.05, 0) is 39.7 Å². The van der Waals surface area contributed by atoms with E-state index in [1.807, 2.05) is 0 Å². The van der Waals surface area contributed by atoms with E-state index in [4.69, 9.17) is 0 Å². The third-order valence-corrected chi connectivity index (χ3v) is 3.50. The van der Waals surface area contributed by atoms with Crippen LogP contribution in [-0.2, 0) is 0 Å². The molecule has 2 rings (SSSR count). The SMILES string of the molecule is CC1CCCC2(CC2)N1C. The van der Waals surface area contributed by atoms with E-state index in [1.54, 1.807) is 0 Å². The summed E-state index contributed by atoms with van der Waals surface area (Å²) in [6, 6.07) is 0.844. The molecule has 1 saturated heterocycles. The molecule has 0 aromatic carbocycles. The second kappa shape index (κ2) is 1.97.